The molecule has 150 valence electrons. The van der Waals surface area contributed by atoms with Gasteiger partial charge in [-0.3, -0.25) is 9.59 Å². The predicted octanol–water partition coefficient (Wildman–Crippen LogP) is 1.44. The molecule has 0 saturated carbocycles. The number of carbonyl (C=O) groups excluding carboxylic acids is 2. The Morgan fingerprint density at radius 3 is 2.36 bits per heavy atom. The van der Waals surface area contributed by atoms with Gasteiger partial charge in [0.2, 0.25) is 10.0 Å². The highest BCUT2D eigenvalue weighted by molar-refractivity contribution is 7.89. The Hall–Kier alpha value is -2.85. The number of rotatable bonds is 8. The SMILES string of the molecule is CN(Cc1ccccc1F)C(=O)COC(=O)CNS(=O)(=O)c1ccc(F)cc1. The number of hydrogen-bond donors (Lipinski definition) is 1. The second kappa shape index (κ2) is 9.38. The van der Waals surface area contributed by atoms with E-state index in [1.807, 2.05) is 4.72 Å². The maximum atomic E-state index is 13.6. The van der Waals surface area contributed by atoms with E-state index in [1.165, 1.54) is 30.1 Å². The summed E-state index contributed by atoms with van der Waals surface area (Å²) < 4.78 is 57.1. The molecule has 28 heavy (non-hydrogen) atoms. The van der Waals surface area contributed by atoms with Crippen molar-refractivity contribution in [1.82, 2.24) is 9.62 Å². The van der Waals surface area contributed by atoms with Gasteiger partial charge in [0.25, 0.3) is 5.91 Å². The fraction of sp³-hybridized carbons (Fsp3) is 0.222. The molecule has 0 saturated heterocycles. The third-order valence-corrected chi connectivity index (χ3v) is 5.10. The number of nitrogens with one attached hydrogen (secondary N) is 1. The molecule has 0 bridgehead atoms. The smallest absolute Gasteiger partial charge is 0.321 e. The average Bonchev–Trinajstić information content (AvgIpc) is 2.66. The number of amides is 1. The van der Waals surface area contributed by atoms with Gasteiger partial charge < -0.3 is 9.64 Å². The minimum Gasteiger partial charge on any atom is -0.455 e. The zero-order valence-corrected chi connectivity index (χ0v) is 15.7. The molecule has 0 radical (unpaired) electrons. The molecule has 0 aromatic heterocycles. The summed E-state index contributed by atoms with van der Waals surface area (Å²) in [7, 11) is -2.61. The number of sulfonamides is 1. The van der Waals surface area contributed by atoms with Crippen molar-refractivity contribution in [3.63, 3.8) is 0 Å². The average molecular weight is 412 g/mol. The number of esters is 1. The lowest BCUT2D eigenvalue weighted by Gasteiger charge is -2.17. The lowest BCUT2D eigenvalue weighted by Crippen LogP contribution is -2.34. The third-order valence-electron chi connectivity index (χ3n) is 3.68. The van der Waals surface area contributed by atoms with Crippen LogP contribution in [0.1, 0.15) is 5.56 Å². The van der Waals surface area contributed by atoms with E-state index in [-0.39, 0.29) is 11.4 Å². The van der Waals surface area contributed by atoms with Crippen molar-refractivity contribution in [1.29, 1.82) is 0 Å². The standard InChI is InChI=1S/C18H18F2N2O5S/c1-22(11-13-4-2-3-5-16(13)20)17(23)12-27-18(24)10-21-28(25,26)15-8-6-14(19)7-9-15/h2-9,21H,10-12H2,1H3. The fourth-order valence-corrected chi connectivity index (χ4v) is 3.09. The molecule has 0 aliphatic carbocycles. The first-order chi connectivity index (χ1) is 13.2. The Morgan fingerprint density at radius 1 is 1.07 bits per heavy atom. The molecule has 1 amide bonds. The number of ether oxygens (including phenoxy) is 1. The molecule has 0 unspecified atom stereocenters. The minimum absolute atomic E-state index is 0.0136. The van der Waals surface area contributed by atoms with E-state index in [0.717, 1.165) is 24.3 Å². The summed E-state index contributed by atoms with van der Waals surface area (Å²) in [5.74, 6) is -2.62. The van der Waals surface area contributed by atoms with Gasteiger partial charge in [-0.25, -0.2) is 17.2 Å². The molecule has 2 aromatic rings. The lowest BCUT2D eigenvalue weighted by molar-refractivity contribution is -0.150. The van der Waals surface area contributed by atoms with Gasteiger partial charge in [-0.15, -0.1) is 0 Å². The van der Waals surface area contributed by atoms with Gasteiger partial charge in [-0.2, -0.15) is 4.72 Å². The topological polar surface area (TPSA) is 92.8 Å². The van der Waals surface area contributed by atoms with Gasteiger partial charge in [0.15, 0.2) is 6.61 Å². The second-order valence-corrected chi connectivity index (χ2v) is 7.55. The maximum Gasteiger partial charge on any atom is 0.321 e. The zero-order valence-electron chi connectivity index (χ0n) is 14.9. The predicted molar refractivity (Wildman–Crippen MR) is 95.4 cm³/mol. The summed E-state index contributed by atoms with van der Waals surface area (Å²) in [6.07, 6.45) is 0. The molecule has 0 spiro atoms. The van der Waals surface area contributed by atoms with Crippen molar-refractivity contribution in [2.24, 2.45) is 0 Å². The van der Waals surface area contributed by atoms with E-state index in [1.54, 1.807) is 6.07 Å². The van der Waals surface area contributed by atoms with Crippen molar-refractivity contribution in [3.05, 3.63) is 65.7 Å². The monoisotopic (exact) mass is 412 g/mol. The molecule has 0 atom stereocenters. The van der Waals surface area contributed by atoms with Gasteiger partial charge in [-0.05, 0) is 30.3 Å². The van der Waals surface area contributed by atoms with Crippen LogP contribution in [0, 0.1) is 11.6 Å². The van der Waals surface area contributed by atoms with Crippen LogP contribution in [0.5, 0.6) is 0 Å². The molecular formula is C18H18F2N2O5S. The van der Waals surface area contributed by atoms with Crippen molar-refractivity contribution < 1.29 is 31.5 Å². The van der Waals surface area contributed by atoms with Crippen molar-refractivity contribution >= 4 is 21.9 Å². The van der Waals surface area contributed by atoms with Gasteiger partial charge in [0.05, 0.1) is 4.90 Å². The van der Waals surface area contributed by atoms with Crippen molar-refractivity contribution in [2.45, 2.75) is 11.4 Å². The maximum absolute atomic E-state index is 13.6. The number of benzene rings is 2. The van der Waals surface area contributed by atoms with E-state index in [0.29, 0.717) is 5.56 Å². The number of nitrogens with zero attached hydrogens (tertiary/aromatic N) is 1. The van der Waals surface area contributed by atoms with E-state index in [4.69, 9.17) is 4.74 Å². The first-order valence-corrected chi connectivity index (χ1v) is 9.55. The first kappa shape index (κ1) is 21.5. The normalized spacial score (nSPS) is 11.1. The Kier molecular flexibility index (Phi) is 7.18. The molecule has 0 fully saturated rings. The summed E-state index contributed by atoms with van der Waals surface area (Å²) >= 11 is 0. The molecule has 2 aromatic carbocycles. The van der Waals surface area contributed by atoms with E-state index in [2.05, 4.69) is 0 Å². The number of likely N-dealkylation sites (N-methyl/N-ethyl adjacent to an activating group) is 1. The van der Waals surface area contributed by atoms with Gasteiger partial charge >= 0.3 is 5.97 Å². The fourth-order valence-electron chi connectivity index (χ4n) is 2.12. The van der Waals surface area contributed by atoms with E-state index in [9.17, 15) is 26.8 Å². The van der Waals surface area contributed by atoms with E-state index >= 15 is 0 Å². The van der Waals surface area contributed by atoms with Crippen LogP contribution < -0.4 is 4.72 Å². The Balaban J connectivity index is 1.80. The highest BCUT2D eigenvalue weighted by atomic mass is 32.2. The highest BCUT2D eigenvalue weighted by Crippen LogP contribution is 2.10. The minimum atomic E-state index is -4.03. The van der Waals surface area contributed by atoms with Crippen molar-refractivity contribution in [3.8, 4) is 0 Å². The summed E-state index contributed by atoms with van der Waals surface area (Å²) in [6.45, 7) is -1.34. The highest BCUT2D eigenvalue weighted by Gasteiger charge is 2.18. The molecule has 1 N–H and O–H groups in total. The molecule has 7 nitrogen and oxygen atoms in total. The summed E-state index contributed by atoms with van der Waals surface area (Å²) in [5.41, 5.74) is 0.303. The van der Waals surface area contributed by atoms with Crippen LogP contribution in [0.25, 0.3) is 0 Å². The van der Waals surface area contributed by atoms with Gasteiger partial charge in [-0.1, -0.05) is 18.2 Å². The molecule has 0 aliphatic heterocycles. The van der Waals surface area contributed by atoms with E-state index < -0.39 is 46.7 Å². The van der Waals surface area contributed by atoms with Gasteiger partial charge in [0, 0.05) is 19.2 Å². The van der Waals surface area contributed by atoms with Crippen LogP contribution in [0.15, 0.2) is 53.4 Å². The van der Waals surface area contributed by atoms with Crippen LogP contribution in [0.3, 0.4) is 0 Å². The van der Waals surface area contributed by atoms with Crippen LogP contribution in [-0.2, 0) is 30.9 Å². The molecule has 2 rings (SSSR count). The number of carbonyl (C=O) groups is 2. The van der Waals surface area contributed by atoms with Gasteiger partial charge in [0.1, 0.15) is 18.2 Å². The molecule has 0 heterocycles. The quantitative estimate of drug-likeness (QED) is 0.663. The van der Waals surface area contributed by atoms with Crippen LogP contribution in [0.4, 0.5) is 8.78 Å². The number of halogens is 2. The summed E-state index contributed by atoms with van der Waals surface area (Å²) in [6, 6.07) is 9.97. The summed E-state index contributed by atoms with van der Waals surface area (Å²) in [4.78, 5) is 24.6. The Bertz CT molecular complexity index is 949. The lowest BCUT2D eigenvalue weighted by atomic mass is 10.2. The number of hydrogen-bond acceptors (Lipinski definition) is 5. The van der Waals surface area contributed by atoms with Crippen molar-refractivity contribution in [2.75, 3.05) is 20.2 Å². The van der Waals surface area contributed by atoms with Crippen LogP contribution in [0.2, 0.25) is 0 Å². The zero-order chi connectivity index (χ0) is 20.7. The van der Waals surface area contributed by atoms with Crippen LogP contribution >= 0.6 is 0 Å². The second-order valence-electron chi connectivity index (χ2n) is 5.78. The molecular weight excluding hydrogens is 394 g/mol. The Labute approximate surface area is 161 Å². The molecule has 10 heteroatoms. The first-order valence-electron chi connectivity index (χ1n) is 8.07. The summed E-state index contributed by atoms with van der Waals surface area (Å²) in [5, 5.41) is 0. The largest absolute Gasteiger partial charge is 0.455 e. The molecule has 0 aliphatic rings. The third kappa shape index (κ3) is 6.10. The van der Waals surface area contributed by atoms with Crippen LogP contribution in [-0.4, -0.2) is 45.4 Å². The Morgan fingerprint density at radius 2 is 1.71 bits per heavy atom.